The summed E-state index contributed by atoms with van der Waals surface area (Å²) in [5.41, 5.74) is -1.98. The molecule has 0 aromatic heterocycles. The minimum atomic E-state index is -2.78. The predicted molar refractivity (Wildman–Crippen MR) is 168 cm³/mol. The standard InChI is InChI=1S/C33H66O11/c1-11-21-22-23-24-25-26-27-28(36-12-2)29(34,37-13-3)30(35,38-14-4)32(41-17-7,42-18-8)33(43-19-9,44-20-10)31(28,39-15-5)40-16-6/h34-35H,11-27H2,1-10H3. The molecule has 264 valence electrons. The summed E-state index contributed by atoms with van der Waals surface area (Å²) < 4.78 is 58.8. The van der Waals surface area contributed by atoms with Gasteiger partial charge in [0.1, 0.15) is 0 Å². The first-order chi connectivity index (χ1) is 21.1. The molecular weight excluding hydrogens is 572 g/mol. The van der Waals surface area contributed by atoms with Crippen molar-refractivity contribution in [2.45, 2.75) is 155 Å². The Bertz CT molecular complexity index is 750. The predicted octanol–water partition coefficient (Wildman–Crippen LogP) is 5.67. The minimum absolute atomic E-state index is 0.00716. The van der Waals surface area contributed by atoms with Crippen LogP contribution >= 0.6 is 0 Å². The molecule has 1 saturated carbocycles. The van der Waals surface area contributed by atoms with Gasteiger partial charge in [0.25, 0.3) is 28.9 Å². The summed E-state index contributed by atoms with van der Waals surface area (Å²) in [4.78, 5) is 0. The number of aliphatic hydroxyl groups is 2. The van der Waals surface area contributed by atoms with Crippen LogP contribution in [0.1, 0.15) is 121 Å². The third-order valence-corrected chi connectivity index (χ3v) is 8.17. The van der Waals surface area contributed by atoms with E-state index in [-0.39, 0.29) is 65.9 Å². The van der Waals surface area contributed by atoms with Gasteiger partial charge in [0, 0.05) is 59.5 Å². The first-order valence-electron chi connectivity index (χ1n) is 17.3. The Morgan fingerprint density at radius 2 is 0.682 bits per heavy atom. The minimum Gasteiger partial charge on any atom is -0.364 e. The Balaban J connectivity index is 4.46. The highest BCUT2D eigenvalue weighted by atomic mass is 16.9. The summed E-state index contributed by atoms with van der Waals surface area (Å²) in [6.07, 6.45) is 7.14. The molecule has 2 N–H and O–H groups in total. The third-order valence-electron chi connectivity index (χ3n) is 8.17. The zero-order chi connectivity index (χ0) is 33.4. The smallest absolute Gasteiger partial charge is 0.291 e. The Morgan fingerprint density at radius 3 is 1.09 bits per heavy atom. The van der Waals surface area contributed by atoms with Gasteiger partial charge >= 0.3 is 0 Å². The second kappa shape index (κ2) is 19.4. The zero-order valence-corrected chi connectivity index (χ0v) is 29.6. The molecule has 0 aromatic carbocycles. The van der Waals surface area contributed by atoms with Crippen LogP contribution in [0.15, 0.2) is 0 Å². The van der Waals surface area contributed by atoms with E-state index in [2.05, 4.69) is 6.92 Å². The molecule has 0 saturated heterocycles. The quantitative estimate of drug-likeness (QED) is 0.0899. The first kappa shape index (κ1) is 41.6. The fourth-order valence-electron chi connectivity index (χ4n) is 6.96. The van der Waals surface area contributed by atoms with Crippen molar-refractivity contribution in [1.29, 1.82) is 0 Å². The molecule has 0 spiro atoms. The normalized spacial score (nSPS) is 27.5. The average molecular weight is 639 g/mol. The zero-order valence-electron chi connectivity index (χ0n) is 29.6. The van der Waals surface area contributed by atoms with Gasteiger partial charge in [0.2, 0.25) is 0 Å². The Hall–Kier alpha value is -0.440. The molecule has 1 aliphatic rings. The van der Waals surface area contributed by atoms with Gasteiger partial charge in [0.15, 0.2) is 5.60 Å². The van der Waals surface area contributed by atoms with Crippen molar-refractivity contribution in [3.63, 3.8) is 0 Å². The van der Waals surface area contributed by atoms with Crippen molar-refractivity contribution >= 4 is 0 Å². The van der Waals surface area contributed by atoms with Gasteiger partial charge in [-0.3, -0.25) is 0 Å². The molecule has 0 amide bonds. The Labute approximate surface area is 267 Å². The molecule has 1 fully saturated rings. The van der Waals surface area contributed by atoms with Crippen LogP contribution in [0, 0.1) is 0 Å². The summed E-state index contributed by atoms with van der Waals surface area (Å²) >= 11 is 0. The fraction of sp³-hybridized carbons (Fsp3) is 1.00. The van der Waals surface area contributed by atoms with Crippen molar-refractivity contribution in [3.8, 4) is 0 Å². The van der Waals surface area contributed by atoms with Crippen LogP contribution in [0.4, 0.5) is 0 Å². The van der Waals surface area contributed by atoms with Crippen LogP contribution in [0.2, 0.25) is 0 Å². The second-order valence-electron chi connectivity index (χ2n) is 10.7. The van der Waals surface area contributed by atoms with Gasteiger partial charge < -0.3 is 52.8 Å². The van der Waals surface area contributed by atoms with Gasteiger partial charge in [-0.2, -0.15) is 0 Å². The molecule has 1 rings (SSSR count). The van der Waals surface area contributed by atoms with Crippen molar-refractivity contribution in [2.24, 2.45) is 0 Å². The average Bonchev–Trinajstić information content (AvgIpc) is 2.99. The van der Waals surface area contributed by atoms with Gasteiger partial charge in [-0.25, -0.2) is 0 Å². The highest BCUT2D eigenvalue weighted by Gasteiger charge is 2.96. The van der Waals surface area contributed by atoms with E-state index in [1.54, 1.807) is 62.3 Å². The van der Waals surface area contributed by atoms with Crippen LogP contribution in [0.25, 0.3) is 0 Å². The molecular formula is C33H66O11. The largest absolute Gasteiger partial charge is 0.364 e. The molecule has 3 unspecified atom stereocenters. The highest BCUT2D eigenvalue weighted by Crippen LogP contribution is 2.66. The second-order valence-corrected chi connectivity index (χ2v) is 10.7. The van der Waals surface area contributed by atoms with Crippen molar-refractivity contribution in [2.75, 3.05) is 59.5 Å². The van der Waals surface area contributed by atoms with E-state index in [9.17, 15) is 10.2 Å². The summed E-state index contributed by atoms with van der Waals surface area (Å²) in [5, 5.41) is 26.3. The van der Waals surface area contributed by atoms with E-state index in [1.807, 2.05) is 0 Å². The van der Waals surface area contributed by atoms with Crippen LogP contribution in [-0.4, -0.2) is 104 Å². The molecule has 0 aliphatic heterocycles. The Kier molecular flexibility index (Phi) is 18.3. The molecule has 0 aromatic rings. The van der Waals surface area contributed by atoms with Gasteiger partial charge in [-0.05, 0) is 68.7 Å². The number of rotatable bonds is 26. The SMILES string of the molecule is CCCCCCCCCC1(OCC)C(O)(OCC)C(O)(OCC)C(OCC)(OCC)C(OCC)(OCC)C1(OCC)OCC. The van der Waals surface area contributed by atoms with Crippen molar-refractivity contribution in [3.05, 3.63) is 0 Å². The molecule has 11 nitrogen and oxygen atoms in total. The van der Waals surface area contributed by atoms with Crippen molar-refractivity contribution in [1.82, 2.24) is 0 Å². The molecule has 3 atom stereocenters. The number of ether oxygens (including phenoxy) is 9. The Morgan fingerprint density at radius 1 is 0.341 bits per heavy atom. The lowest BCUT2D eigenvalue weighted by molar-refractivity contribution is -0.637. The van der Waals surface area contributed by atoms with Gasteiger partial charge in [0.05, 0.1) is 0 Å². The number of unbranched alkanes of at least 4 members (excludes halogenated alkanes) is 6. The van der Waals surface area contributed by atoms with Crippen molar-refractivity contribution < 1.29 is 52.8 Å². The first-order valence-corrected chi connectivity index (χ1v) is 17.3. The lowest BCUT2D eigenvalue weighted by atomic mass is 9.60. The maximum atomic E-state index is 13.2. The summed E-state index contributed by atoms with van der Waals surface area (Å²) in [6.45, 7) is 18.4. The summed E-state index contributed by atoms with van der Waals surface area (Å²) in [7, 11) is 0. The number of hydrogen-bond acceptors (Lipinski definition) is 11. The molecule has 0 heterocycles. The summed E-state index contributed by atoms with van der Waals surface area (Å²) in [6, 6.07) is 0. The maximum Gasteiger partial charge on any atom is 0.291 e. The van der Waals surface area contributed by atoms with E-state index in [0.717, 1.165) is 32.1 Å². The molecule has 1 aliphatic carbocycles. The van der Waals surface area contributed by atoms with Gasteiger partial charge in [-0.1, -0.05) is 51.9 Å². The van der Waals surface area contributed by atoms with Crippen LogP contribution in [0.3, 0.4) is 0 Å². The third kappa shape index (κ3) is 6.90. The molecule has 0 bridgehead atoms. The van der Waals surface area contributed by atoms with E-state index in [0.29, 0.717) is 6.42 Å². The molecule has 44 heavy (non-hydrogen) atoms. The van der Waals surface area contributed by atoms with E-state index in [1.165, 1.54) is 6.42 Å². The van der Waals surface area contributed by atoms with E-state index in [4.69, 9.17) is 42.6 Å². The highest BCUT2D eigenvalue weighted by molar-refractivity contribution is 5.29. The summed E-state index contributed by atoms with van der Waals surface area (Å²) in [5.74, 6) is -12.2. The van der Waals surface area contributed by atoms with E-state index < -0.39 is 34.5 Å². The lowest BCUT2D eigenvalue weighted by Gasteiger charge is -2.72. The lowest BCUT2D eigenvalue weighted by Crippen LogP contribution is -2.98. The molecule has 0 radical (unpaired) electrons. The number of hydrogen-bond donors (Lipinski definition) is 2. The molecule has 11 heteroatoms. The van der Waals surface area contributed by atoms with Gasteiger partial charge in [-0.15, -0.1) is 0 Å². The monoisotopic (exact) mass is 638 g/mol. The topological polar surface area (TPSA) is 124 Å². The van der Waals surface area contributed by atoms with Crippen LogP contribution < -0.4 is 0 Å². The maximum absolute atomic E-state index is 13.2. The van der Waals surface area contributed by atoms with E-state index >= 15 is 0 Å². The fourth-order valence-corrected chi connectivity index (χ4v) is 6.96. The van der Waals surface area contributed by atoms with Crippen LogP contribution in [0.5, 0.6) is 0 Å². The van der Waals surface area contributed by atoms with Crippen LogP contribution in [-0.2, 0) is 42.6 Å².